The molecule has 0 atom stereocenters. The number of hydrazone groups is 1. The number of amides is 1. The van der Waals surface area contributed by atoms with Gasteiger partial charge in [0, 0.05) is 0 Å². The van der Waals surface area contributed by atoms with Crippen LogP contribution in [0, 0.1) is 6.92 Å². The second-order valence-corrected chi connectivity index (χ2v) is 8.67. The second kappa shape index (κ2) is 11.1. The molecule has 0 spiro atoms. The molecule has 0 unspecified atom stereocenters. The van der Waals surface area contributed by atoms with Gasteiger partial charge < -0.3 is 13.9 Å². The molecule has 0 saturated carbocycles. The molecule has 4 rings (SSSR count). The third-order valence-electron chi connectivity index (χ3n) is 4.76. The summed E-state index contributed by atoms with van der Waals surface area (Å²) in [6.45, 7) is 2.39. The van der Waals surface area contributed by atoms with Crippen molar-refractivity contribution in [2.45, 2.75) is 18.8 Å². The van der Waals surface area contributed by atoms with E-state index in [9.17, 15) is 4.79 Å². The highest BCUT2D eigenvalue weighted by Gasteiger charge is 2.12. The lowest BCUT2D eigenvalue weighted by Gasteiger charge is -2.13. The summed E-state index contributed by atoms with van der Waals surface area (Å²) in [4.78, 5) is 16.4. The van der Waals surface area contributed by atoms with Crippen LogP contribution in [0.4, 0.5) is 0 Å². The van der Waals surface area contributed by atoms with Gasteiger partial charge in [0.25, 0.3) is 11.1 Å². The number of thioether (sulfide) groups is 1. The molecular formula is C25H22ClN3O4S. The van der Waals surface area contributed by atoms with Crippen molar-refractivity contribution in [1.29, 1.82) is 0 Å². The van der Waals surface area contributed by atoms with Crippen molar-refractivity contribution < 1.29 is 18.7 Å². The maximum Gasteiger partial charge on any atom is 0.257 e. The summed E-state index contributed by atoms with van der Waals surface area (Å²) in [5, 5.41) is 4.81. The van der Waals surface area contributed by atoms with E-state index in [0.29, 0.717) is 39.5 Å². The fraction of sp³-hybridized carbons (Fsp3) is 0.160. The molecule has 0 bridgehead atoms. The van der Waals surface area contributed by atoms with Gasteiger partial charge >= 0.3 is 0 Å². The predicted molar refractivity (Wildman–Crippen MR) is 134 cm³/mol. The molecular weight excluding hydrogens is 474 g/mol. The van der Waals surface area contributed by atoms with Crippen molar-refractivity contribution in [1.82, 2.24) is 10.4 Å². The van der Waals surface area contributed by atoms with Gasteiger partial charge in [0.1, 0.15) is 12.1 Å². The van der Waals surface area contributed by atoms with E-state index in [1.54, 1.807) is 12.1 Å². The van der Waals surface area contributed by atoms with Gasteiger partial charge in [0.15, 0.2) is 17.1 Å². The zero-order chi connectivity index (χ0) is 23.9. The monoisotopic (exact) mass is 495 g/mol. The summed E-state index contributed by atoms with van der Waals surface area (Å²) in [6, 6.07) is 18.9. The molecule has 4 aromatic rings. The molecule has 7 nitrogen and oxygen atoms in total. The number of nitrogens with zero attached hydrogens (tertiary/aromatic N) is 2. The van der Waals surface area contributed by atoms with Gasteiger partial charge in [-0.15, -0.1) is 0 Å². The zero-order valence-electron chi connectivity index (χ0n) is 18.6. The molecule has 174 valence electrons. The molecule has 0 aliphatic carbocycles. The SMILES string of the molecule is COc1cc(C=NNC(=O)CSc2nc3ccccc3o2)cc(Cl)c1OCc1ccc(C)cc1. The van der Waals surface area contributed by atoms with Crippen molar-refractivity contribution in [3.05, 3.63) is 82.4 Å². The Labute approximate surface area is 206 Å². The summed E-state index contributed by atoms with van der Waals surface area (Å²) >= 11 is 7.62. The van der Waals surface area contributed by atoms with Crippen molar-refractivity contribution in [2.24, 2.45) is 5.10 Å². The number of carbonyl (C=O) groups excluding carboxylic acids is 1. The Morgan fingerprint density at radius 2 is 2.00 bits per heavy atom. The van der Waals surface area contributed by atoms with Crippen LogP contribution < -0.4 is 14.9 Å². The van der Waals surface area contributed by atoms with Gasteiger partial charge in [0.05, 0.1) is 24.1 Å². The highest BCUT2D eigenvalue weighted by Crippen LogP contribution is 2.36. The largest absolute Gasteiger partial charge is 0.493 e. The minimum absolute atomic E-state index is 0.111. The Morgan fingerprint density at radius 1 is 1.21 bits per heavy atom. The number of benzene rings is 3. The molecule has 1 amide bonds. The van der Waals surface area contributed by atoms with Crippen LogP contribution in [0.3, 0.4) is 0 Å². The quantitative estimate of drug-likeness (QED) is 0.184. The van der Waals surface area contributed by atoms with Crippen molar-refractivity contribution in [2.75, 3.05) is 12.9 Å². The number of hydrogen-bond acceptors (Lipinski definition) is 7. The number of nitrogens with one attached hydrogen (secondary N) is 1. The molecule has 1 heterocycles. The first-order valence-electron chi connectivity index (χ1n) is 10.4. The highest BCUT2D eigenvalue weighted by atomic mass is 35.5. The highest BCUT2D eigenvalue weighted by molar-refractivity contribution is 7.99. The number of aryl methyl sites for hydroxylation is 1. The molecule has 1 N–H and O–H groups in total. The third-order valence-corrected chi connectivity index (χ3v) is 5.87. The Bertz CT molecular complexity index is 1290. The number of hydrogen-bond donors (Lipinski definition) is 1. The Kier molecular flexibility index (Phi) is 7.72. The minimum Gasteiger partial charge on any atom is -0.493 e. The molecule has 34 heavy (non-hydrogen) atoms. The number of methoxy groups -OCH3 is 1. The number of rotatable bonds is 9. The van der Waals surface area contributed by atoms with Gasteiger partial charge in [-0.05, 0) is 42.3 Å². The average molecular weight is 496 g/mol. The van der Waals surface area contributed by atoms with Crippen LogP contribution >= 0.6 is 23.4 Å². The topological polar surface area (TPSA) is 86.0 Å². The number of para-hydroxylation sites is 2. The van der Waals surface area contributed by atoms with Gasteiger partial charge in [-0.3, -0.25) is 4.79 Å². The normalized spacial score (nSPS) is 11.1. The molecule has 9 heteroatoms. The molecule has 1 aromatic heterocycles. The smallest absolute Gasteiger partial charge is 0.257 e. The Balaban J connectivity index is 1.33. The predicted octanol–water partition coefficient (Wildman–Crippen LogP) is 5.62. The number of halogens is 1. The zero-order valence-corrected chi connectivity index (χ0v) is 20.2. The van der Waals surface area contributed by atoms with E-state index in [2.05, 4.69) is 15.5 Å². The number of fused-ring (bicyclic) bond motifs is 1. The van der Waals surface area contributed by atoms with Crippen molar-refractivity contribution in [3.8, 4) is 11.5 Å². The fourth-order valence-electron chi connectivity index (χ4n) is 3.05. The molecule has 0 fully saturated rings. The minimum atomic E-state index is -0.292. The van der Waals surface area contributed by atoms with Crippen LogP contribution in [0.1, 0.15) is 16.7 Å². The number of aromatic nitrogens is 1. The van der Waals surface area contributed by atoms with Gasteiger partial charge in [-0.1, -0.05) is 65.3 Å². The maximum absolute atomic E-state index is 12.1. The summed E-state index contributed by atoms with van der Waals surface area (Å²) in [5.74, 6) is 0.735. The van der Waals surface area contributed by atoms with Crippen LogP contribution in [0.25, 0.3) is 11.1 Å². The van der Waals surface area contributed by atoms with E-state index in [0.717, 1.165) is 11.1 Å². The van der Waals surface area contributed by atoms with Crippen LogP contribution in [-0.2, 0) is 11.4 Å². The number of carbonyl (C=O) groups is 1. The van der Waals surface area contributed by atoms with E-state index >= 15 is 0 Å². The maximum atomic E-state index is 12.1. The molecule has 0 aliphatic rings. The van der Waals surface area contributed by atoms with Crippen LogP contribution in [0.5, 0.6) is 11.5 Å². The van der Waals surface area contributed by atoms with Crippen LogP contribution in [0.15, 0.2) is 75.4 Å². The number of oxazole rings is 1. The molecule has 0 radical (unpaired) electrons. The van der Waals surface area contributed by atoms with Crippen molar-refractivity contribution >= 4 is 46.6 Å². The number of ether oxygens (including phenoxy) is 2. The van der Waals surface area contributed by atoms with Crippen LogP contribution in [-0.4, -0.2) is 30.0 Å². The first-order valence-corrected chi connectivity index (χ1v) is 11.7. The van der Waals surface area contributed by atoms with Crippen molar-refractivity contribution in [3.63, 3.8) is 0 Å². The van der Waals surface area contributed by atoms with Gasteiger partial charge in [0.2, 0.25) is 0 Å². The summed E-state index contributed by atoms with van der Waals surface area (Å²) in [5.41, 5.74) is 6.77. The summed E-state index contributed by atoms with van der Waals surface area (Å²) < 4.78 is 16.9. The van der Waals surface area contributed by atoms with Crippen LogP contribution in [0.2, 0.25) is 5.02 Å². The van der Waals surface area contributed by atoms with E-state index in [1.807, 2.05) is 55.5 Å². The second-order valence-electron chi connectivity index (χ2n) is 7.34. The fourth-order valence-corrected chi connectivity index (χ4v) is 3.95. The Morgan fingerprint density at radius 3 is 2.76 bits per heavy atom. The molecule has 3 aromatic carbocycles. The standard InChI is InChI=1S/C25H22ClN3O4S/c1-16-7-9-17(10-8-16)14-32-24-19(26)11-18(12-22(24)31-2)13-27-29-23(30)15-34-25-28-20-5-3-4-6-21(20)33-25/h3-13H,14-15H2,1-2H3,(H,29,30). The van der Waals surface area contributed by atoms with E-state index in [4.69, 9.17) is 25.5 Å². The molecule has 0 saturated heterocycles. The summed E-state index contributed by atoms with van der Waals surface area (Å²) in [6.07, 6.45) is 1.49. The average Bonchev–Trinajstić information content (AvgIpc) is 3.26. The van der Waals surface area contributed by atoms with Gasteiger partial charge in [-0.2, -0.15) is 5.10 Å². The van der Waals surface area contributed by atoms with E-state index in [1.165, 1.54) is 30.6 Å². The lowest BCUT2D eigenvalue weighted by molar-refractivity contribution is -0.118. The van der Waals surface area contributed by atoms with E-state index in [-0.39, 0.29) is 11.7 Å². The van der Waals surface area contributed by atoms with Gasteiger partial charge in [-0.25, -0.2) is 10.4 Å². The lowest BCUT2D eigenvalue weighted by Crippen LogP contribution is -2.19. The van der Waals surface area contributed by atoms with E-state index < -0.39 is 0 Å². The summed E-state index contributed by atoms with van der Waals surface area (Å²) in [7, 11) is 1.54. The first kappa shape index (κ1) is 23.7. The Hall–Kier alpha value is -3.49. The first-order chi connectivity index (χ1) is 16.5. The lowest BCUT2D eigenvalue weighted by atomic mass is 10.1. The third kappa shape index (κ3) is 6.09. The molecule has 0 aliphatic heterocycles.